The third-order valence-electron chi connectivity index (χ3n) is 4.47. The van der Waals surface area contributed by atoms with E-state index in [0.717, 1.165) is 0 Å². The zero-order chi connectivity index (χ0) is 18.3. The number of carbonyl (C=O) groups is 1. The van der Waals surface area contributed by atoms with Gasteiger partial charge in [-0.1, -0.05) is 18.2 Å². The molecule has 0 unspecified atom stereocenters. The van der Waals surface area contributed by atoms with Gasteiger partial charge in [-0.15, -0.1) is 0 Å². The molecule has 2 aromatic carbocycles. The highest BCUT2D eigenvalue weighted by Gasteiger charge is 2.22. The lowest BCUT2D eigenvalue weighted by Crippen LogP contribution is -2.32. The van der Waals surface area contributed by atoms with Gasteiger partial charge in [-0.2, -0.15) is 0 Å². The molecule has 7 heteroatoms. The fourth-order valence-electron chi connectivity index (χ4n) is 3.14. The first-order valence-electron chi connectivity index (χ1n) is 8.08. The van der Waals surface area contributed by atoms with Crippen LogP contribution in [0.15, 0.2) is 47.4 Å². The van der Waals surface area contributed by atoms with Crippen LogP contribution in [-0.2, 0) is 6.54 Å². The Labute approximate surface area is 147 Å². The standard InChI is InChI=1S/C19H15FN2O4/c20-14-4-2-1-3-11(14)10-22-5-6-26-17-8-15-12(7-16(17)22)18(23)13(9-21-15)19(24)25/h1-4,7-9H,5-6,10H2,(H,21,23)(H,24,25). The molecule has 0 amide bonds. The molecular weight excluding hydrogens is 339 g/mol. The van der Waals surface area contributed by atoms with Crippen molar-refractivity contribution in [3.63, 3.8) is 0 Å². The minimum Gasteiger partial charge on any atom is -0.489 e. The molecule has 0 spiro atoms. The molecule has 1 aliphatic heterocycles. The first kappa shape index (κ1) is 16.1. The molecule has 2 heterocycles. The average molecular weight is 354 g/mol. The maximum Gasteiger partial charge on any atom is 0.341 e. The van der Waals surface area contributed by atoms with Crippen LogP contribution in [0, 0.1) is 5.82 Å². The quantitative estimate of drug-likeness (QED) is 0.756. The Morgan fingerprint density at radius 3 is 2.88 bits per heavy atom. The Morgan fingerprint density at radius 2 is 2.12 bits per heavy atom. The fraction of sp³-hybridized carbons (Fsp3) is 0.158. The smallest absolute Gasteiger partial charge is 0.341 e. The largest absolute Gasteiger partial charge is 0.489 e. The van der Waals surface area contributed by atoms with Gasteiger partial charge in [0.15, 0.2) is 0 Å². The van der Waals surface area contributed by atoms with Crippen molar-refractivity contribution in [1.29, 1.82) is 0 Å². The number of aromatic carboxylic acids is 1. The number of aromatic nitrogens is 1. The molecule has 0 saturated carbocycles. The van der Waals surface area contributed by atoms with Crippen molar-refractivity contribution < 1.29 is 19.0 Å². The van der Waals surface area contributed by atoms with Gasteiger partial charge in [0.1, 0.15) is 23.7 Å². The number of ether oxygens (including phenoxy) is 1. The van der Waals surface area contributed by atoms with Gasteiger partial charge in [-0.05, 0) is 12.1 Å². The summed E-state index contributed by atoms with van der Waals surface area (Å²) < 4.78 is 19.7. The minimum absolute atomic E-state index is 0.257. The number of halogens is 1. The molecule has 0 fully saturated rings. The van der Waals surface area contributed by atoms with Gasteiger partial charge in [0.2, 0.25) is 5.43 Å². The molecule has 0 atom stereocenters. The molecule has 0 bridgehead atoms. The van der Waals surface area contributed by atoms with Crippen LogP contribution >= 0.6 is 0 Å². The SMILES string of the molecule is O=C(O)c1c[nH]c2cc3c(cc2c1=O)N(Cc1ccccc1F)CCO3. The molecule has 2 N–H and O–H groups in total. The molecule has 0 radical (unpaired) electrons. The van der Waals surface area contributed by atoms with Crippen molar-refractivity contribution in [2.45, 2.75) is 6.54 Å². The number of aromatic amines is 1. The van der Waals surface area contributed by atoms with E-state index in [9.17, 15) is 14.0 Å². The molecule has 3 aromatic rings. The second-order valence-electron chi connectivity index (χ2n) is 6.06. The Bertz CT molecular complexity index is 1080. The highest BCUT2D eigenvalue weighted by Crippen LogP contribution is 2.35. The average Bonchev–Trinajstić information content (AvgIpc) is 2.63. The van der Waals surface area contributed by atoms with E-state index in [1.165, 1.54) is 12.3 Å². The molecular formula is C19H15FN2O4. The normalized spacial score (nSPS) is 13.3. The van der Waals surface area contributed by atoms with Gasteiger partial charge in [-0.25, -0.2) is 9.18 Å². The van der Waals surface area contributed by atoms with E-state index < -0.39 is 11.4 Å². The van der Waals surface area contributed by atoms with Crippen LogP contribution < -0.4 is 15.1 Å². The predicted molar refractivity (Wildman–Crippen MR) is 94.5 cm³/mol. The van der Waals surface area contributed by atoms with E-state index in [4.69, 9.17) is 9.84 Å². The van der Waals surface area contributed by atoms with Crippen molar-refractivity contribution >= 4 is 22.6 Å². The summed E-state index contributed by atoms with van der Waals surface area (Å²) in [7, 11) is 0. The number of nitrogens with one attached hydrogen (secondary N) is 1. The van der Waals surface area contributed by atoms with Gasteiger partial charge in [0.05, 0.1) is 17.7 Å². The maximum absolute atomic E-state index is 14.0. The molecule has 0 aliphatic carbocycles. The highest BCUT2D eigenvalue weighted by atomic mass is 19.1. The summed E-state index contributed by atoms with van der Waals surface area (Å²) in [6, 6.07) is 9.79. The molecule has 1 aliphatic rings. The molecule has 0 saturated heterocycles. The molecule has 4 rings (SSSR count). The topological polar surface area (TPSA) is 82.6 Å². The monoisotopic (exact) mass is 354 g/mol. The second kappa shape index (κ2) is 6.18. The van der Waals surface area contributed by atoms with Crippen LogP contribution in [0.5, 0.6) is 5.75 Å². The second-order valence-corrected chi connectivity index (χ2v) is 6.06. The lowest BCUT2D eigenvalue weighted by atomic mass is 10.1. The van der Waals surface area contributed by atoms with Gasteiger partial charge >= 0.3 is 5.97 Å². The maximum atomic E-state index is 14.0. The number of hydrogen-bond acceptors (Lipinski definition) is 4. The summed E-state index contributed by atoms with van der Waals surface area (Å²) in [6.07, 6.45) is 1.18. The lowest BCUT2D eigenvalue weighted by molar-refractivity contribution is 0.0695. The first-order valence-corrected chi connectivity index (χ1v) is 8.08. The number of anilines is 1. The molecule has 1 aromatic heterocycles. The summed E-state index contributed by atoms with van der Waals surface area (Å²) >= 11 is 0. The summed E-state index contributed by atoms with van der Waals surface area (Å²) in [5.41, 5.74) is 0.778. The zero-order valence-corrected chi connectivity index (χ0v) is 13.7. The third kappa shape index (κ3) is 2.67. The lowest BCUT2D eigenvalue weighted by Gasteiger charge is -2.31. The first-order chi connectivity index (χ1) is 12.5. The van der Waals surface area contributed by atoms with E-state index in [0.29, 0.717) is 42.2 Å². The number of nitrogens with zero attached hydrogens (tertiary/aromatic N) is 1. The Balaban J connectivity index is 1.83. The molecule has 132 valence electrons. The zero-order valence-electron chi connectivity index (χ0n) is 13.7. The van der Waals surface area contributed by atoms with E-state index in [-0.39, 0.29) is 16.8 Å². The summed E-state index contributed by atoms with van der Waals surface area (Å²) in [6.45, 7) is 1.29. The number of carboxylic acid groups (broad SMARTS) is 1. The van der Waals surface area contributed by atoms with Gasteiger partial charge in [0, 0.05) is 29.8 Å². The van der Waals surface area contributed by atoms with Crippen molar-refractivity contribution in [3.8, 4) is 5.75 Å². The number of rotatable bonds is 3. The van der Waals surface area contributed by atoms with Crippen LogP contribution in [0.1, 0.15) is 15.9 Å². The van der Waals surface area contributed by atoms with Crippen molar-refractivity contribution in [2.24, 2.45) is 0 Å². The molecule has 6 nitrogen and oxygen atoms in total. The summed E-state index contributed by atoms with van der Waals surface area (Å²) in [5, 5.41) is 9.40. The Hall–Kier alpha value is -3.35. The fourth-order valence-corrected chi connectivity index (χ4v) is 3.14. The van der Waals surface area contributed by atoms with Crippen molar-refractivity contribution in [2.75, 3.05) is 18.1 Å². The van der Waals surface area contributed by atoms with Gasteiger partial charge in [0.25, 0.3) is 0 Å². The number of H-pyrrole nitrogens is 1. The summed E-state index contributed by atoms with van der Waals surface area (Å²) in [5.74, 6) is -1.02. The Kier molecular flexibility index (Phi) is 3.84. The van der Waals surface area contributed by atoms with Crippen LogP contribution in [0.3, 0.4) is 0 Å². The van der Waals surface area contributed by atoms with E-state index >= 15 is 0 Å². The van der Waals surface area contributed by atoms with Crippen LogP contribution in [0.2, 0.25) is 0 Å². The minimum atomic E-state index is -1.29. The van der Waals surface area contributed by atoms with Crippen LogP contribution in [0.4, 0.5) is 10.1 Å². The highest BCUT2D eigenvalue weighted by molar-refractivity contribution is 5.94. The van der Waals surface area contributed by atoms with Gasteiger partial charge in [-0.3, -0.25) is 4.79 Å². The van der Waals surface area contributed by atoms with E-state index in [2.05, 4.69) is 4.98 Å². The number of pyridine rings is 1. The van der Waals surface area contributed by atoms with E-state index in [1.54, 1.807) is 30.3 Å². The molecule has 26 heavy (non-hydrogen) atoms. The third-order valence-corrected chi connectivity index (χ3v) is 4.47. The number of carboxylic acids is 1. The van der Waals surface area contributed by atoms with Crippen LogP contribution in [0.25, 0.3) is 10.9 Å². The predicted octanol–water partition coefficient (Wildman–Crippen LogP) is 2.76. The van der Waals surface area contributed by atoms with E-state index in [1.807, 2.05) is 4.90 Å². The number of benzene rings is 2. The van der Waals surface area contributed by atoms with Crippen molar-refractivity contribution in [3.05, 3.63) is 69.8 Å². The number of hydrogen-bond donors (Lipinski definition) is 2. The van der Waals surface area contributed by atoms with Gasteiger partial charge < -0.3 is 19.7 Å². The summed E-state index contributed by atoms with van der Waals surface area (Å²) in [4.78, 5) is 28.4. The number of fused-ring (bicyclic) bond motifs is 2. The van der Waals surface area contributed by atoms with Crippen molar-refractivity contribution in [1.82, 2.24) is 4.98 Å². The van der Waals surface area contributed by atoms with Crippen LogP contribution in [-0.4, -0.2) is 29.2 Å². The Morgan fingerprint density at radius 1 is 1.31 bits per heavy atom.